The average molecular weight is 265 g/mol. The summed E-state index contributed by atoms with van der Waals surface area (Å²) in [6.45, 7) is 11.5. The number of thioether (sulfide) groups is 1. The Hall–Kier alpha value is -0.930. The quantitative estimate of drug-likeness (QED) is 0.625. The molecule has 0 aliphatic rings. The number of ether oxygens (including phenoxy) is 1. The Bertz CT molecular complexity index is 378. The lowest BCUT2D eigenvalue weighted by Crippen LogP contribution is -2.37. The largest absolute Gasteiger partial charge is 0.497 e. The maximum absolute atomic E-state index is 5.13. The monoisotopic (exact) mass is 265 g/mol. The minimum atomic E-state index is 0.147. The zero-order valence-corrected chi connectivity index (χ0v) is 12.6. The molecular formula is C15H23NOS. The molecule has 3 heteroatoms. The standard InChI is InChI=1S/C15H23NOS/c1-12(10-16-15(2,3)4)11-18-14-8-6-13(17-5)7-9-14/h6-9,16H,1,10-11H2,2-5H3. The van der Waals surface area contributed by atoms with Crippen LogP contribution in [-0.2, 0) is 0 Å². The van der Waals surface area contributed by atoms with E-state index in [1.54, 1.807) is 18.9 Å². The van der Waals surface area contributed by atoms with Gasteiger partial charge >= 0.3 is 0 Å². The summed E-state index contributed by atoms with van der Waals surface area (Å²) in [5, 5.41) is 3.44. The fourth-order valence-electron chi connectivity index (χ4n) is 1.30. The van der Waals surface area contributed by atoms with Gasteiger partial charge in [-0.05, 0) is 45.0 Å². The van der Waals surface area contributed by atoms with Gasteiger partial charge in [0.2, 0.25) is 0 Å². The molecule has 2 nitrogen and oxygen atoms in total. The van der Waals surface area contributed by atoms with Gasteiger partial charge in [-0.1, -0.05) is 12.2 Å². The summed E-state index contributed by atoms with van der Waals surface area (Å²) in [5.41, 5.74) is 1.36. The van der Waals surface area contributed by atoms with E-state index in [9.17, 15) is 0 Å². The average Bonchev–Trinajstić information content (AvgIpc) is 2.33. The lowest BCUT2D eigenvalue weighted by molar-refractivity contribution is 0.414. The molecule has 1 N–H and O–H groups in total. The van der Waals surface area contributed by atoms with Gasteiger partial charge in [0.05, 0.1) is 7.11 Å². The van der Waals surface area contributed by atoms with E-state index in [1.165, 1.54) is 10.5 Å². The molecule has 1 aromatic carbocycles. The van der Waals surface area contributed by atoms with Gasteiger partial charge in [0.15, 0.2) is 0 Å². The van der Waals surface area contributed by atoms with E-state index in [0.717, 1.165) is 18.0 Å². The first-order chi connectivity index (χ1) is 8.40. The van der Waals surface area contributed by atoms with Gasteiger partial charge in [0.1, 0.15) is 5.75 Å². The van der Waals surface area contributed by atoms with Gasteiger partial charge in [-0.2, -0.15) is 0 Å². The first kappa shape index (κ1) is 15.1. The van der Waals surface area contributed by atoms with E-state index in [2.05, 4.69) is 44.8 Å². The summed E-state index contributed by atoms with van der Waals surface area (Å²) >= 11 is 1.80. The highest BCUT2D eigenvalue weighted by atomic mass is 32.2. The highest BCUT2D eigenvalue weighted by molar-refractivity contribution is 7.99. The Morgan fingerprint density at radius 3 is 2.39 bits per heavy atom. The maximum Gasteiger partial charge on any atom is 0.118 e. The van der Waals surface area contributed by atoms with E-state index in [-0.39, 0.29) is 5.54 Å². The fourth-order valence-corrected chi connectivity index (χ4v) is 2.10. The molecule has 0 unspecified atom stereocenters. The molecule has 0 heterocycles. The molecule has 0 aliphatic heterocycles. The van der Waals surface area contributed by atoms with E-state index in [4.69, 9.17) is 4.74 Å². The third kappa shape index (κ3) is 6.12. The predicted octanol–water partition coefficient (Wildman–Crippen LogP) is 3.73. The van der Waals surface area contributed by atoms with Crippen molar-refractivity contribution in [3.63, 3.8) is 0 Å². The van der Waals surface area contributed by atoms with Crippen LogP contribution >= 0.6 is 11.8 Å². The number of hydrogen-bond donors (Lipinski definition) is 1. The van der Waals surface area contributed by atoms with E-state index in [1.807, 2.05) is 12.1 Å². The second-order valence-electron chi connectivity index (χ2n) is 5.32. The van der Waals surface area contributed by atoms with Crippen LogP contribution in [0.25, 0.3) is 0 Å². The van der Waals surface area contributed by atoms with E-state index in [0.29, 0.717) is 0 Å². The highest BCUT2D eigenvalue weighted by Crippen LogP contribution is 2.22. The van der Waals surface area contributed by atoms with Gasteiger partial charge in [0.25, 0.3) is 0 Å². The summed E-state index contributed by atoms with van der Waals surface area (Å²) in [7, 11) is 1.68. The lowest BCUT2D eigenvalue weighted by atomic mass is 10.1. The van der Waals surface area contributed by atoms with Crippen molar-refractivity contribution in [1.29, 1.82) is 0 Å². The summed E-state index contributed by atoms with van der Waals surface area (Å²) in [6.07, 6.45) is 0. The van der Waals surface area contributed by atoms with Gasteiger partial charge < -0.3 is 10.1 Å². The minimum absolute atomic E-state index is 0.147. The topological polar surface area (TPSA) is 21.3 Å². The lowest BCUT2D eigenvalue weighted by Gasteiger charge is -2.21. The van der Waals surface area contributed by atoms with Gasteiger partial charge in [-0.3, -0.25) is 0 Å². The van der Waals surface area contributed by atoms with Crippen LogP contribution in [0.1, 0.15) is 20.8 Å². The smallest absolute Gasteiger partial charge is 0.118 e. The van der Waals surface area contributed by atoms with Crippen LogP contribution in [0.3, 0.4) is 0 Å². The summed E-state index contributed by atoms with van der Waals surface area (Å²) in [6, 6.07) is 8.12. The Labute approximate surface area is 115 Å². The third-order valence-electron chi connectivity index (χ3n) is 2.37. The van der Waals surface area contributed by atoms with Crippen molar-refractivity contribution >= 4 is 11.8 Å². The first-order valence-corrected chi connectivity index (χ1v) is 7.08. The molecule has 0 saturated heterocycles. The number of hydrogen-bond acceptors (Lipinski definition) is 3. The molecule has 0 aliphatic carbocycles. The van der Waals surface area contributed by atoms with Crippen molar-refractivity contribution in [1.82, 2.24) is 5.32 Å². The molecule has 18 heavy (non-hydrogen) atoms. The molecule has 0 spiro atoms. The fraction of sp³-hybridized carbons (Fsp3) is 0.467. The zero-order valence-electron chi connectivity index (χ0n) is 11.7. The molecule has 0 bridgehead atoms. The van der Waals surface area contributed by atoms with Gasteiger partial charge in [0, 0.05) is 22.7 Å². The van der Waals surface area contributed by atoms with Crippen molar-refractivity contribution in [2.75, 3.05) is 19.4 Å². The maximum atomic E-state index is 5.13. The molecule has 0 fully saturated rings. The van der Waals surface area contributed by atoms with E-state index < -0.39 is 0 Å². The molecular weight excluding hydrogens is 242 g/mol. The molecule has 100 valence electrons. The van der Waals surface area contributed by atoms with Crippen molar-refractivity contribution in [3.05, 3.63) is 36.4 Å². The number of methoxy groups -OCH3 is 1. The summed E-state index contributed by atoms with van der Waals surface area (Å²) in [4.78, 5) is 1.24. The van der Waals surface area contributed by atoms with Gasteiger partial charge in [-0.25, -0.2) is 0 Å². The molecule has 0 aromatic heterocycles. The molecule has 1 rings (SSSR count). The summed E-state index contributed by atoms with van der Waals surface area (Å²) in [5.74, 6) is 1.84. The molecule has 0 amide bonds. The Morgan fingerprint density at radius 2 is 1.89 bits per heavy atom. The number of benzene rings is 1. The van der Waals surface area contributed by atoms with Crippen LogP contribution in [0.2, 0.25) is 0 Å². The molecule has 0 radical (unpaired) electrons. The number of nitrogens with one attached hydrogen (secondary N) is 1. The normalized spacial score (nSPS) is 11.3. The Balaban J connectivity index is 2.33. The van der Waals surface area contributed by atoms with Crippen LogP contribution in [0, 0.1) is 0 Å². The highest BCUT2D eigenvalue weighted by Gasteiger charge is 2.08. The molecule has 0 saturated carbocycles. The minimum Gasteiger partial charge on any atom is -0.497 e. The van der Waals surface area contributed by atoms with Crippen molar-refractivity contribution < 1.29 is 4.74 Å². The van der Waals surface area contributed by atoms with Crippen molar-refractivity contribution in [3.8, 4) is 5.75 Å². The van der Waals surface area contributed by atoms with Crippen LogP contribution in [0.15, 0.2) is 41.3 Å². The van der Waals surface area contributed by atoms with Crippen LogP contribution in [0.4, 0.5) is 0 Å². The van der Waals surface area contributed by atoms with Crippen molar-refractivity contribution in [2.24, 2.45) is 0 Å². The molecule has 1 aromatic rings. The Morgan fingerprint density at radius 1 is 1.28 bits per heavy atom. The molecule has 0 atom stereocenters. The summed E-state index contributed by atoms with van der Waals surface area (Å²) < 4.78 is 5.13. The predicted molar refractivity (Wildman–Crippen MR) is 80.6 cm³/mol. The first-order valence-electron chi connectivity index (χ1n) is 6.09. The zero-order chi connectivity index (χ0) is 13.6. The second-order valence-corrected chi connectivity index (χ2v) is 6.37. The Kier molecular flexibility index (Phi) is 5.76. The number of rotatable bonds is 6. The third-order valence-corrected chi connectivity index (χ3v) is 3.53. The van der Waals surface area contributed by atoms with Crippen molar-refractivity contribution in [2.45, 2.75) is 31.2 Å². The SMILES string of the molecule is C=C(CNC(C)(C)C)CSc1ccc(OC)cc1. The van der Waals surface area contributed by atoms with Crippen LogP contribution < -0.4 is 10.1 Å². The van der Waals surface area contributed by atoms with E-state index >= 15 is 0 Å². The van der Waals surface area contributed by atoms with Crippen LogP contribution in [-0.4, -0.2) is 24.9 Å². The van der Waals surface area contributed by atoms with Gasteiger partial charge in [-0.15, -0.1) is 11.8 Å². The second kappa shape index (κ2) is 6.86. The van der Waals surface area contributed by atoms with Crippen LogP contribution in [0.5, 0.6) is 5.75 Å².